The monoisotopic (exact) mass is 444 g/mol. The standard InChI is InChI=1S/C21H24N4O5S/c1-2-10-22-31(29,30)20-8-6-18(7-9-20)21(26)24-13-11-23(12-14-24)16-17-4-3-5-19(15-17)25(27)28/h2-9,15,22H,1,10-14,16H2. The molecule has 1 saturated heterocycles. The first-order chi connectivity index (χ1) is 14.8. The van der Waals surface area contributed by atoms with Gasteiger partial charge in [-0.2, -0.15) is 0 Å². The van der Waals surface area contributed by atoms with Gasteiger partial charge in [0.1, 0.15) is 0 Å². The van der Waals surface area contributed by atoms with Crippen LogP contribution in [0, 0.1) is 10.1 Å². The largest absolute Gasteiger partial charge is 0.336 e. The molecule has 1 amide bonds. The molecule has 31 heavy (non-hydrogen) atoms. The third kappa shape index (κ3) is 5.75. The maximum atomic E-state index is 12.8. The second-order valence-electron chi connectivity index (χ2n) is 7.16. The number of nitro groups is 1. The van der Waals surface area contributed by atoms with Gasteiger partial charge in [0.15, 0.2) is 0 Å². The summed E-state index contributed by atoms with van der Waals surface area (Å²) in [4.78, 5) is 27.2. The van der Waals surface area contributed by atoms with Crippen LogP contribution >= 0.6 is 0 Å². The molecule has 1 N–H and O–H groups in total. The Bertz CT molecular complexity index is 1060. The minimum Gasteiger partial charge on any atom is -0.336 e. The summed E-state index contributed by atoms with van der Waals surface area (Å²) in [7, 11) is -3.63. The topological polar surface area (TPSA) is 113 Å². The maximum Gasteiger partial charge on any atom is 0.269 e. The van der Waals surface area contributed by atoms with Gasteiger partial charge >= 0.3 is 0 Å². The van der Waals surface area contributed by atoms with Gasteiger partial charge in [-0.15, -0.1) is 6.58 Å². The number of nitrogens with one attached hydrogen (secondary N) is 1. The summed E-state index contributed by atoms with van der Waals surface area (Å²) in [6.07, 6.45) is 1.45. The van der Waals surface area contributed by atoms with E-state index in [1.807, 2.05) is 6.07 Å². The van der Waals surface area contributed by atoms with Crippen molar-refractivity contribution in [3.63, 3.8) is 0 Å². The molecule has 0 spiro atoms. The minimum atomic E-state index is -3.63. The number of hydrogen-bond acceptors (Lipinski definition) is 6. The number of hydrogen-bond donors (Lipinski definition) is 1. The second-order valence-corrected chi connectivity index (χ2v) is 8.93. The predicted molar refractivity (Wildman–Crippen MR) is 116 cm³/mol. The lowest BCUT2D eigenvalue weighted by Gasteiger charge is -2.34. The summed E-state index contributed by atoms with van der Waals surface area (Å²) < 4.78 is 26.6. The fourth-order valence-corrected chi connectivity index (χ4v) is 4.35. The molecule has 10 heteroatoms. The number of non-ortho nitro benzene ring substituents is 1. The Hall–Kier alpha value is -3.08. The van der Waals surface area contributed by atoms with Crippen molar-refractivity contribution in [2.24, 2.45) is 0 Å². The molecule has 0 aliphatic carbocycles. The number of nitro benzene ring substituents is 1. The summed E-state index contributed by atoms with van der Waals surface area (Å²) in [6.45, 7) is 6.52. The maximum absolute atomic E-state index is 12.8. The number of amides is 1. The Kier molecular flexibility index (Phi) is 7.16. The Morgan fingerprint density at radius 1 is 1.13 bits per heavy atom. The Labute approximate surface area is 181 Å². The van der Waals surface area contributed by atoms with E-state index in [1.54, 1.807) is 17.0 Å². The molecular weight excluding hydrogens is 420 g/mol. The SMILES string of the molecule is C=CCNS(=O)(=O)c1ccc(C(=O)N2CCN(Cc3cccc([N+](=O)[O-])c3)CC2)cc1. The van der Waals surface area contributed by atoms with Crippen molar-refractivity contribution < 1.29 is 18.1 Å². The first-order valence-corrected chi connectivity index (χ1v) is 11.2. The summed E-state index contributed by atoms with van der Waals surface area (Å²) in [5, 5.41) is 10.9. The van der Waals surface area contributed by atoms with Crippen LogP contribution < -0.4 is 4.72 Å². The molecule has 0 bridgehead atoms. The average Bonchev–Trinajstić information content (AvgIpc) is 2.78. The van der Waals surface area contributed by atoms with Crippen LogP contribution in [0.3, 0.4) is 0 Å². The van der Waals surface area contributed by atoms with Crippen molar-refractivity contribution in [3.05, 3.63) is 82.4 Å². The van der Waals surface area contributed by atoms with Crippen molar-refractivity contribution in [3.8, 4) is 0 Å². The van der Waals surface area contributed by atoms with Gasteiger partial charge in [-0.1, -0.05) is 18.2 Å². The zero-order valence-electron chi connectivity index (χ0n) is 16.9. The Morgan fingerprint density at radius 2 is 1.81 bits per heavy atom. The van der Waals surface area contributed by atoms with E-state index >= 15 is 0 Å². The summed E-state index contributed by atoms with van der Waals surface area (Å²) >= 11 is 0. The molecule has 1 aliphatic heterocycles. The van der Waals surface area contributed by atoms with Gasteiger partial charge in [-0.25, -0.2) is 13.1 Å². The molecule has 1 fully saturated rings. The predicted octanol–water partition coefficient (Wildman–Crippen LogP) is 2.02. The lowest BCUT2D eigenvalue weighted by Crippen LogP contribution is -2.48. The molecule has 0 atom stereocenters. The third-order valence-corrected chi connectivity index (χ3v) is 6.46. The van der Waals surface area contributed by atoms with Gasteiger partial charge in [0.2, 0.25) is 10.0 Å². The lowest BCUT2D eigenvalue weighted by atomic mass is 10.1. The number of rotatable bonds is 8. The summed E-state index contributed by atoms with van der Waals surface area (Å²) in [5.41, 5.74) is 1.35. The lowest BCUT2D eigenvalue weighted by molar-refractivity contribution is -0.384. The average molecular weight is 445 g/mol. The van der Waals surface area contributed by atoms with Gasteiger partial charge in [0, 0.05) is 57.0 Å². The van der Waals surface area contributed by atoms with Gasteiger partial charge < -0.3 is 4.90 Å². The van der Waals surface area contributed by atoms with E-state index in [4.69, 9.17) is 0 Å². The van der Waals surface area contributed by atoms with Crippen LogP contribution in [-0.2, 0) is 16.6 Å². The number of piperazine rings is 1. The first-order valence-electron chi connectivity index (χ1n) is 9.76. The van der Waals surface area contributed by atoms with Gasteiger partial charge in [-0.05, 0) is 29.8 Å². The van der Waals surface area contributed by atoms with E-state index in [9.17, 15) is 23.3 Å². The molecule has 164 valence electrons. The Morgan fingerprint density at radius 3 is 2.42 bits per heavy atom. The fraction of sp³-hybridized carbons (Fsp3) is 0.286. The molecule has 2 aromatic carbocycles. The molecular formula is C21H24N4O5S. The van der Waals surface area contributed by atoms with E-state index in [0.29, 0.717) is 38.3 Å². The van der Waals surface area contributed by atoms with E-state index in [0.717, 1.165) is 5.56 Å². The van der Waals surface area contributed by atoms with Crippen LogP contribution in [0.4, 0.5) is 5.69 Å². The molecule has 2 aromatic rings. The Balaban J connectivity index is 1.57. The van der Waals surface area contributed by atoms with Crippen LogP contribution in [0.2, 0.25) is 0 Å². The van der Waals surface area contributed by atoms with Gasteiger partial charge in [-0.3, -0.25) is 19.8 Å². The minimum absolute atomic E-state index is 0.0662. The molecule has 0 aromatic heterocycles. The highest BCUT2D eigenvalue weighted by Gasteiger charge is 2.23. The highest BCUT2D eigenvalue weighted by Crippen LogP contribution is 2.17. The molecule has 1 heterocycles. The zero-order chi connectivity index (χ0) is 22.4. The van der Waals surface area contributed by atoms with E-state index in [2.05, 4.69) is 16.2 Å². The van der Waals surface area contributed by atoms with Crippen molar-refractivity contribution in [2.75, 3.05) is 32.7 Å². The number of carbonyl (C=O) groups excluding carboxylic acids is 1. The molecule has 0 unspecified atom stereocenters. The van der Waals surface area contributed by atoms with Crippen LogP contribution in [-0.4, -0.2) is 61.8 Å². The summed E-state index contributed by atoms with van der Waals surface area (Å²) in [6, 6.07) is 12.4. The third-order valence-electron chi connectivity index (χ3n) is 5.02. The number of benzene rings is 2. The highest BCUT2D eigenvalue weighted by molar-refractivity contribution is 7.89. The van der Waals surface area contributed by atoms with Crippen molar-refractivity contribution in [1.29, 1.82) is 0 Å². The molecule has 1 aliphatic rings. The smallest absolute Gasteiger partial charge is 0.269 e. The second kappa shape index (κ2) is 9.82. The van der Waals surface area contributed by atoms with Crippen LogP contribution in [0.15, 0.2) is 66.1 Å². The molecule has 3 rings (SSSR count). The number of carbonyl (C=O) groups is 1. The fourth-order valence-electron chi connectivity index (χ4n) is 3.35. The van der Waals surface area contributed by atoms with E-state index < -0.39 is 14.9 Å². The van der Waals surface area contributed by atoms with Crippen LogP contribution in [0.1, 0.15) is 15.9 Å². The zero-order valence-corrected chi connectivity index (χ0v) is 17.8. The van der Waals surface area contributed by atoms with Crippen molar-refractivity contribution in [2.45, 2.75) is 11.4 Å². The van der Waals surface area contributed by atoms with Crippen molar-refractivity contribution >= 4 is 21.6 Å². The van der Waals surface area contributed by atoms with E-state index in [1.165, 1.54) is 36.4 Å². The first kappa shape index (κ1) is 22.6. The van der Waals surface area contributed by atoms with E-state index in [-0.39, 0.29) is 23.0 Å². The summed E-state index contributed by atoms with van der Waals surface area (Å²) in [5.74, 6) is -0.155. The quantitative estimate of drug-likeness (QED) is 0.379. The molecule has 0 radical (unpaired) electrons. The van der Waals surface area contributed by atoms with Gasteiger partial charge in [0.25, 0.3) is 11.6 Å². The molecule has 0 saturated carbocycles. The highest BCUT2D eigenvalue weighted by atomic mass is 32.2. The number of nitrogens with zero attached hydrogens (tertiary/aromatic N) is 3. The number of sulfonamides is 1. The van der Waals surface area contributed by atoms with Gasteiger partial charge in [0.05, 0.1) is 9.82 Å². The van der Waals surface area contributed by atoms with Crippen LogP contribution in [0.25, 0.3) is 0 Å². The van der Waals surface area contributed by atoms with Crippen LogP contribution in [0.5, 0.6) is 0 Å². The van der Waals surface area contributed by atoms with Crippen molar-refractivity contribution in [1.82, 2.24) is 14.5 Å². The normalized spacial score (nSPS) is 14.9. The molecule has 9 nitrogen and oxygen atoms in total.